The molecule has 2 heterocycles. The molecule has 0 aliphatic heterocycles. The Morgan fingerprint density at radius 3 is 1.55 bits per heavy atom. The molecule has 0 saturated carbocycles. The molecule has 0 atom stereocenters. The molecule has 2 aromatic heterocycles. The molecule has 2 heteroatoms. The van der Waals surface area contributed by atoms with Crippen LogP contribution in [-0.4, -0.2) is 9.13 Å². The Labute approximate surface area is 257 Å². The third-order valence-electron chi connectivity index (χ3n) is 8.81. The highest BCUT2D eigenvalue weighted by atomic mass is 15.0. The van der Waals surface area contributed by atoms with Gasteiger partial charge in [0.25, 0.3) is 0 Å². The van der Waals surface area contributed by atoms with Crippen LogP contribution < -0.4 is 0 Å². The molecule has 0 bridgehead atoms. The van der Waals surface area contributed by atoms with Crippen LogP contribution in [0.2, 0.25) is 0 Å². The fourth-order valence-electron chi connectivity index (χ4n) is 6.81. The van der Waals surface area contributed by atoms with Crippen molar-refractivity contribution in [3.8, 4) is 33.6 Å². The number of fused-ring (bicyclic) bond motifs is 6. The molecule has 2 nitrogen and oxygen atoms in total. The molecule has 0 aliphatic carbocycles. The number of aromatic nitrogens is 2. The lowest BCUT2D eigenvalue weighted by atomic mass is 10.0. The van der Waals surface area contributed by atoms with Crippen LogP contribution in [0.25, 0.3) is 77.2 Å². The van der Waals surface area contributed by atoms with Gasteiger partial charge in [0.05, 0.1) is 29.1 Å². The zero-order valence-electron chi connectivity index (χ0n) is 25.0. The fourth-order valence-corrected chi connectivity index (χ4v) is 6.81. The van der Waals surface area contributed by atoms with Gasteiger partial charge in [0.1, 0.15) is 0 Å². The van der Waals surface area contributed by atoms with Crippen LogP contribution in [0.15, 0.2) is 170 Å². The third-order valence-corrected chi connectivity index (χ3v) is 8.81. The van der Waals surface area contributed by atoms with Crippen molar-refractivity contribution >= 4 is 43.6 Å². The Kier molecular flexibility index (Phi) is 5.31. The predicted molar refractivity (Wildman–Crippen MR) is 186 cm³/mol. The van der Waals surface area contributed by atoms with Gasteiger partial charge >= 0.3 is 0 Å². The molecule has 0 saturated heterocycles. The summed E-state index contributed by atoms with van der Waals surface area (Å²) in [4.78, 5) is 0. The van der Waals surface area contributed by atoms with E-state index in [0.717, 1.165) is 60.5 Å². The minimum atomic E-state index is 0.561. The average Bonchev–Trinajstić information content (AvgIpc) is 3.62. The summed E-state index contributed by atoms with van der Waals surface area (Å²) < 4.78 is 14.5. The standard InChI is InChI=1S/C42H28N2/c1-3-13-29(14-4-1)30-23-25-32(26-24-30)43-39-21-11-8-18-34(39)36-27-37-35-19-9-12-22-40(35)44(42(37)28-41(36)43)38-20-10-7-17-33(38)31-15-5-2-6-16-31/h1-28H/i27D. The molecule has 44 heavy (non-hydrogen) atoms. The lowest BCUT2D eigenvalue weighted by Crippen LogP contribution is -1.98. The highest BCUT2D eigenvalue weighted by Gasteiger charge is 2.19. The molecule has 0 unspecified atom stereocenters. The first kappa shape index (κ1) is 23.7. The number of hydrogen-bond donors (Lipinski definition) is 0. The van der Waals surface area contributed by atoms with Crippen LogP contribution in [0.4, 0.5) is 0 Å². The first-order chi connectivity index (χ1) is 22.3. The van der Waals surface area contributed by atoms with Gasteiger partial charge in [0, 0.05) is 32.8 Å². The van der Waals surface area contributed by atoms with E-state index in [1.807, 2.05) is 6.07 Å². The zero-order chi connectivity index (χ0) is 29.9. The molecule has 9 rings (SSSR count). The highest BCUT2D eigenvalue weighted by Crippen LogP contribution is 2.41. The Hall–Kier alpha value is -5.86. The van der Waals surface area contributed by atoms with Crippen molar-refractivity contribution in [2.24, 2.45) is 0 Å². The summed E-state index contributed by atoms with van der Waals surface area (Å²) in [7, 11) is 0. The van der Waals surface area contributed by atoms with Gasteiger partial charge in [-0.3, -0.25) is 0 Å². The minimum Gasteiger partial charge on any atom is -0.309 e. The summed E-state index contributed by atoms with van der Waals surface area (Å²) in [5.41, 5.74) is 11.1. The van der Waals surface area contributed by atoms with E-state index in [1.54, 1.807) is 0 Å². The first-order valence-electron chi connectivity index (χ1n) is 15.5. The largest absolute Gasteiger partial charge is 0.309 e. The van der Waals surface area contributed by atoms with Gasteiger partial charge < -0.3 is 9.13 Å². The molecule has 0 fully saturated rings. The van der Waals surface area contributed by atoms with Gasteiger partial charge in [-0.2, -0.15) is 0 Å². The lowest BCUT2D eigenvalue weighted by molar-refractivity contribution is 1.17. The molecule has 206 valence electrons. The maximum atomic E-state index is 9.79. The van der Waals surface area contributed by atoms with Crippen LogP contribution in [0, 0.1) is 0 Å². The van der Waals surface area contributed by atoms with Crippen LogP contribution >= 0.6 is 0 Å². The zero-order valence-corrected chi connectivity index (χ0v) is 24.0. The van der Waals surface area contributed by atoms with Crippen molar-refractivity contribution in [3.63, 3.8) is 0 Å². The van der Waals surface area contributed by atoms with Gasteiger partial charge in [0.15, 0.2) is 0 Å². The predicted octanol–water partition coefficient (Wildman–Crippen LogP) is 11.2. The van der Waals surface area contributed by atoms with Gasteiger partial charge in [-0.25, -0.2) is 0 Å². The van der Waals surface area contributed by atoms with E-state index in [-0.39, 0.29) is 0 Å². The van der Waals surface area contributed by atoms with E-state index in [9.17, 15) is 1.37 Å². The molecule has 0 aliphatic rings. The number of para-hydroxylation sites is 3. The van der Waals surface area contributed by atoms with E-state index in [4.69, 9.17) is 0 Å². The monoisotopic (exact) mass is 561 g/mol. The van der Waals surface area contributed by atoms with E-state index in [0.29, 0.717) is 6.04 Å². The van der Waals surface area contributed by atoms with Crippen molar-refractivity contribution in [1.82, 2.24) is 9.13 Å². The molecule has 0 N–H and O–H groups in total. The van der Waals surface area contributed by atoms with Gasteiger partial charge in [-0.1, -0.05) is 127 Å². The summed E-state index contributed by atoms with van der Waals surface area (Å²) in [5, 5.41) is 4.13. The van der Waals surface area contributed by atoms with E-state index in [1.165, 1.54) is 16.7 Å². The first-order valence-corrected chi connectivity index (χ1v) is 15.0. The van der Waals surface area contributed by atoms with Crippen molar-refractivity contribution in [2.45, 2.75) is 0 Å². The Morgan fingerprint density at radius 1 is 0.364 bits per heavy atom. The van der Waals surface area contributed by atoms with Crippen LogP contribution in [-0.2, 0) is 0 Å². The Morgan fingerprint density at radius 2 is 0.864 bits per heavy atom. The average molecular weight is 562 g/mol. The summed E-state index contributed by atoms with van der Waals surface area (Å²) in [5.74, 6) is 0. The molecule has 0 radical (unpaired) electrons. The minimum absolute atomic E-state index is 0.561. The molecule has 7 aromatic carbocycles. The van der Waals surface area contributed by atoms with E-state index < -0.39 is 0 Å². The molecule has 9 aromatic rings. The molecule has 0 amide bonds. The summed E-state index contributed by atoms with van der Waals surface area (Å²) >= 11 is 0. The highest BCUT2D eigenvalue weighted by molar-refractivity contribution is 6.19. The second-order valence-electron chi connectivity index (χ2n) is 11.3. The molecular weight excluding hydrogens is 532 g/mol. The van der Waals surface area contributed by atoms with Crippen LogP contribution in [0.5, 0.6) is 0 Å². The molecule has 0 spiro atoms. The second kappa shape index (κ2) is 9.86. The quantitative estimate of drug-likeness (QED) is 0.202. The van der Waals surface area contributed by atoms with E-state index >= 15 is 0 Å². The number of hydrogen-bond acceptors (Lipinski definition) is 0. The van der Waals surface area contributed by atoms with Crippen molar-refractivity contribution < 1.29 is 1.37 Å². The van der Waals surface area contributed by atoms with Gasteiger partial charge in [-0.15, -0.1) is 0 Å². The van der Waals surface area contributed by atoms with E-state index in [2.05, 4.69) is 167 Å². The molecular formula is C42H28N2. The normalized spacial score (nSPS) is 12.0. The topological polar surface area (TPSA) is 9.86 Å². The van der Waals surface area contributed by atoms with Crippen molar-refractivity contribution in [1.29, 1.82) is 0 Å². The fraction of sp³-hybridized carbons (Fsp3) is 0. The summed E-state index contributed by atoms with van der Waals surface area (Å²) in [6, 6.07) is 58.3. The maximum absolute atomic E-state index is 9.79. The van der Waals surface area contributed by atoms with Crippen LogP contribution in [0.3, 0.4) is 0 Å². The Bertz CT molecular complexity index is 2520. The SMILES string of the molecule is [2H]c1c2c3ccccc3n(-c3ccc(-c4ccccc4)cc3)c2cc2c1c1ccccc1n2-c1ccccc1-c1ccccc1. The summed E-state index contributed by atoms with van der Waals surface area (Å²) in [6.45, 7) is 0. The van der Waals surface area contributed by atoms with Crippen LogP contribution in [0.1, 0.15) is 1.37 Å². The summed E-state index contributed by atoms with van der Waals surface area (Å²) in [6.07, 6.45) is 0. The number of benzene rings is 7. The number of nitrogens with zero attached hydrogens (tertiary/aromatic N) is 2. The third kappa shape index (κ3) is 3.75. The van der Waals surface area contributed by atoms with Gasteiger partial charge in [-0.05, 0) is 59.1 Å². The number of rotatable bonds is 4. The maximum Gasteiger partial charge on any atom is 0.0637 e. The van der Waals surface area contributed by atoms with Crippen molar-refractivity contribution in [3.05, 3.63) is 170 Å². The van der Waals surface area contributed by atoms with Crippen molar-refractivity contribution in [2.75, 3.05) is 0 Å². The smallest absolute Gasteiger partial charge is 0.0637 e. The Balaban J connectivity index is 1.38. The van der Waals surface area contributed by atoms with Gasteiger partial charge in [0.2, 0.25) is 0 Å². The lowest BCUT2D eigenvalue weighted by Gasteiger charge is -2.14. The second-order valence-corrected chi connectivity index (χ2v) is 11.3.